The van der Waals surface area contributed by atoms with Crippen molar-refractivity contribution in [3.63, 3.8) is 0 Å². The molecule has 2 aromatic rings. The lowest BCUT2D eigenvalue weighted by Gasteiger charge is -2.05. The predicted octanol–water partition coefficient (Wildman–Crippen LogP) is 3.94. The number of hydrogen-bond donors (Lipinski definition) is 0. The molecule has 0 N–H and O–H groups in total. The van der Waals surface area contributed by atoms with Gasteiger partial charge in [-0.2, -0.15) is 0 Å². The molecule has 0 spiro atoms. The molecule has 2 rings (SSSR count). The molecule has 80 valence electrons. The molecule has 0 radical (unpaired) electrons. The fourth-order valence-corrected chi connectivity index (χ4v) is 1.50. The summed E-state index contributed by atoms with van der Waals surface area (Å²) >= 11 is 5.83. The molecule has 0 atom stereocenters. The van der Waals surface area contributed by atoms with Gasteiger partial charge in [-0.3, -0.25) is 4.79 Å². The van der Waals surface area contributed by atoms with E-state index in [0.717, 1.165) is 6.29 Å². The minimum Gasteiger partial charge on any atom is -0.457 e. The van der Waals surface area contributed by atoms with E-state index in [0.29, 0.717) is 22.1 Å². The van der Waals surface area contributed by atoms with Crippen LogP contribution in [0.25, 0.3) is 0 Å². The summed E-state index contributed by atoms with van der Waals surface area (Å²) in [4.78, 5) is 10.6. The maximum absolute atomic E-state index is 10.6. The van der Waals surface area contributed by atoms with Gasteiger partial charge < -0.3 is 4.74 Å². The van der Waals surface area contributed by atoms with E-state index in [2.05, 4.69) is 0 Å². The number of aldehydes is 1. The van der Waals surface area contributed by atoms with Crippen LogP contribution in [0.15, 0.2) is 48.5 Å². The minimum atomic E-state index is 0.583. The van der Waals surface area contributed by atoms with Gasteiger partial charge in [-0.1, -0.05) is 29.8 Å². The molecule has 0 bridgehead atoms. The fraction of sp³-hybridized carbons (Fsp3) is 0. The summed E-state index contributed by atoms with van der Waals surface area (Å²) in [5, 5.41) is 0.615. The summed E-state index contributed by atoms with van der Waals surface area (Å²) in [5.74, 6) is 1.27. The Kier molecular flexibility index (Phi) is 3.22. The van der Waals surface area contributed by atoms with Crippen LogP contribution < -0.4 is 4.74 Å². The van der Waals surface area contributed by atoms with Gasteiger partial charge in [0.05, 0.1) is 0 Å². The van der Waals surface area contributed by atoms with E-state index < -0.39 is 0 Å². The van der Waals surface area contributed by atoms with Gasteiger partial charge in [-0.15, -0.1) is 0 Å². The Hall–Kier alpha value is -1.80. The Balaban J connectivity index is 2.23. The van der Waals surface area contributed by atoms with Gasteiger partial charge in [-0.25, -0.2) is 0 Å². The summed E-state index contributed by atoms with van der Waals surface area (Å²) in [7, 11) is 0. The maximum atomic E-state index is 10.6. The molecule has 0 unspecified atom stereocenters. The molecule has 0 aromatic heterocycles. The summed E-state index contributed by atoms with van der Waals surface area (Å²) in [6, 6.07) is 14.1. The van der Waals surface area contributed by atoms with Crippen LogP contribution in [-0.4, -0.2) is 6.29 Å². The van der Waals surface area contributed by atoms with Crippen LogP contribution in [0.4, 0.5) is 0 Å². The molecule has 0 aliphatic carbocycles. The molecule has 16 heavy (non-hydrogen) atoms. The third kappa shape index (κ3) is 2.61. The first kappa shape index (κ1) is 10.7. The highest BCUT2D eigenvalue weighted by molar-refractivity contribution is 6.30. The molecule has 3 heteroatoms. The first-order valence-electron chi connectivity index (χ1n) is 4.76. The van der Waals surface area contributed by atoms with Crippen LogP contribution in [-0.2, 0) is 0 Å². The third-order valence-electron chi connectivity index (χ3n) is 2.03. The Morgan fingerprint density at radius 3 is 2.38 bits per heavy atom. The molecule has 0 saturated heterocycles. The molecule has 0 fully saturated rings. The third-order valence-corrected chi connectivity index (χ3v) is 2.26. The van der Waals surface area contributed by atoms with E-state index in [-0.39, 0.29) is 0 Å². The molecule has 0 saturated carbocycles. The molecule has 0 heterocycles. The summed E-state index contributed by atoms with van der Waals surface area (Å²) in [6.07, 6.45) is 0.783. The molecule has 2 aromatic carbocycles. The topological polar surface area (TPSA) is 26.3 Å². The smallest absolute Gasteiger partial charge is 0.150 e. The first-order chi connectivity index (χ1) is 7.78. The number of halogens is 1. The van der Waals surface area contributed by atoms with E-state index in [9.17, 15) is 4.79 Å². The van der Waals surface area contributed by atoms with Gasteiger partial charge >= 0.3 is 0 Å². The van der Waals surface area contributed by atoms with Gasteiger partial charge in [0.2, 0.25) is 0 Å². The summed E-state index contributed by atoms with van der Waals surface area (Å²) < 4.78 is 5.56. The zero-order valence-electron chi connectivity index (χ0n) is 8.39. The molecule has 0 amide bonds. The van der Waals surface area contributed by atoms with Crippen molar-refractivity contribution in [1.82, 2.24) is 0 Å². The Labute approximate surface area is 98.4 Å². The summed E-state index contributed by atoms with van der Waals surface area (Å²) in [6.45, 7) is 0. The van der Waals surface area contributed by atoms with Gasteiger partial charge in [0, 0.05) is 10.6 Å². The Morgan fingerprint density at radius 2 is 1.69 bits per heavy atom. The SMILES string of the molecule is O=Cc1cccc(Oc2cccc(Cl)c2)c1. The predicted molar refractivity (Wildman–Crippen MR) is 63.4 cm³/mol. The van der Waals surface area contributed by atoms with Crippen LogP contribution in [0.1, 0.15) is 10.4 Å². The fourth-order valence-electron chi connectivity index (χ4n) is 1.32. The lowest BCUT2D eigenvalue weighted by atomic mass is 10.2. The largest absolute Gasteiger partial charge is 0.457 e. The molecule has 0 aliphatic rings. The number of benzene rings is 2. The van der Waals surface area contributed by atoms with Gasteiger partial charge in [0.15, 0.2) is 0 Å². The first-order valence-corrected chi connectivity index (χ1v) is 5.14. The lowest BCUT2D eigenvalue weighted by molar-refractivity contribution is 0.112. The van der Waals surface area contributed by atoms with Crippen LogP contribution in [0.3, 0.4) is 0 Å². The van der Waals surface area contributed by atoms with Crippen molar-refractivity contribution in [3.05, 3.63) is 59.1 Å². The van der Waals surface area contributed by atoms with Gasteiger partial charge in [0.25, 0.3) is 0 Å². The monoisotopic (exact) mass is 232 g/mol. The van der Waals surface area contributed by atoms with E-state index in [1.165, 1.54) is 0 Å². The highest BCUT2D eigenvalue weighted by Gasteiger charge is 1.99. The second kappa shape index (κ2) is 4.81. The van der Waals surface area contributed by atoms with Crippen molar-refractivity contribution >= 4 is 17.9 Å². The van der Waals surface area contributed by atoms with Crippen molar-refractivity contribution in [2.24, 2.45) is 0 Å². The van der Waals surface area contributed by atoms with Gasteiger partial charge in [-0.05, 0) is 30.3 Å². The highest BCUT2D eigenvalue weighted by Crippen LogP contribution is 2.24. The van der Waals surface area contributed by atoms with Crippen LogP contribution in [0, 0.1) is 0 Å². The zero-order valence-corrected chi connectivity index (χ0v) is 9.15. The number of carbonyl (C=O) groups excluding carboxylic acids is 1. The van der Waals surface area contributed by atoms with E-state index in [1.807, 2.05) is 0 Å². The van der Waals surface area contributed by atoms with E-state index in [1.54, 1.807) is 48.5 Å². The van der Waals surface area contributed by atoms with E-state index in [4.69, 9.17) is 16.3 Å². The second-order valence-corrected chi connectivity index (χ2v) is 3.69. The van der Waals surface area contributed by atoms with Gasteiger partial charge in [0.1, 0.15) is 17.8 Å². The number of ether oxygens (including phenoxy) is 1. The average Bonchev–Trinajstić information content (AvgIpc) is 2.29. The Morgan fingerprint density at radius 1 is 1.00 bits per heavy atom. The number of carbonyl (C=O) groups is 1. The molecule has 0 aliphatic heterocycles. The summed E-state index contributed by atoms with van der Waals surface area (Å²) in [5.41, 5.74) is 0.583. The zero-order chi connectivity index (χ0) is 11.4. The van der Waals surface area contributed by atoms with Crippen LogP contribution in [0.2, 0.25) is 5.02 Å². The normalized spacial score (nSPS) is 9.81. The Bertz CT molecular complexity index is 509. The number of hydrogen-bond acceptors (Lipinski definition) is 2. The second-order valence-electron chi connectivity index (χ2n) is 3.25. The van der Waals surface area contributed by atoms with Crippen molar-refractivity contribution in [2.75, 3.05) is 0 Å². The highest BCUT2D eigenvalue weighted by atomic mass is 35.5. The minimum absolute atomic E-state index is 0.583. The van der Waals surface area contributed by atoms with E-state index >= 15 is 0 Å². The molecule has 2 nitrogen and oxygen atoms in total. The standard InChI is InChI=1S/C13H9ClO2/c14-11-4-2-6-13(8-11)16-12-5-1-3-10(7-12)9-15/h1-9H. The van der Waals surface area contributed by atoms with Crippen molar-refractivity contribution < 1.29 is 9.53 Å². The van der Waals surface area contributed by atoms with Crippen molar-refractivity contribution in [2.45, 2.75) is 0 Å². The quantitative estimate of drug-likeness (QED) is 0.749. The van der Waals surface area contributed by atoms with Crippen LogP contribution in [0.5, 0.6) is 11.5 Å². The number of rotatable bonds is 3. The molecular formula is C13H9ClO2. The van der Waals surface area contributed by atoms with Crippen molar-refractivity contribution in [1.29, 1.82) is 0 Å². The van der Waals surface area contributed by atoms with Crippen molar-refractivity contribution in [3.8, 4) is 11.5 Å². The van der Waals surface area contributed by atoms with Crippen LogP contribution >= 0.6 is 11.6 Å². The maximum Gasteiger partial charge on any atom is 0.150 e. The lowest BCUT2D eigenvalue weighted by Crippen LogP contribution is -1.85. The molecular weight excluding hydrogens is 224 g/mol. The average molecular weight is 233 g/mol.